The summed E-state index contributed by atoms with van der Waals surface area (Å²) in [6, 6.07) is 4.81. The number of hydrogen-bond donors (Lipinski definition) is 0. The minimum absolute atomic E-state index is 0.0113. The number of aromatic nitrogens is 2. The molecule has 2 aliphatic heterocycles. The lowest BCUT2D eigenvalue weighted by molar-refractivity contribution is -0.159. The predicted octanol–water partition coefficient (Wildman–Crippen LogP) is 6.35. The van der Waals surface area contributed by atoms with Crippen molar-refractivity contribution in [1.29, 1.82) is 0 Å². The number of ketones is 1. The molecule has 10 heteroatoms. The van der Waals surface area contributed by atoms with Crippen LogP contribution >= 0.6 is 0 Å². The zero-order chi connectivity index (χ0) is 35.2. The highest BCUT2D eigenvalue weighted by Crippen LogP contribution is 2.52. The number of aryl methyl sites for hydroxylation is 1. The van der Waals surface area contributed by atoms with Crippen LogP contribution in [0.5, 0.6) is 11.6 Å². The van der Waals surface area contributed by atoms with Crippen LogP contribution in [0.4, 0.5) is 0 Å². The Kier molecular flexibility index (Phi) is 10.0. The van der Waals surface area contributed by atoms with E-state index in [4.69, 9.17) is 28.9 Å². The van der Waals surface area contributed by atoms with Crippen molar-refractivity contribution in [3.05, 3.63) is 23.9 Å². The Balaban J connectivity index is 1.40. The normalized spacial score (nSPS) is 32.7. The van der Waals surface area contributed by atoms with Gasteiger partial charge in [0.25, 0.3) is 0 Å². The second kappa shape index (κ2) is 13.8. The fraction of sp³-hybridized carbons (Fsp3) is 0.718. The highest BCUT2D eigenvalue weighted by molar-refractivity contribution is 5.92. The summed E-state index contributed by atoms with van der Waals surface area (Å²) in [4.78, 5) is 53.8. The van der Waals surface area contributed by atoms with Gasteiger partial charge in [-0.25, -0.2) is 9.97 Å². The van der Waals surface area contributed by atoms with Crippen LogP contribution in [0.25, 0.3) is 11.0 Å². The number of nitrogens with zero attached hydrogens (tertiary/aromatic N) is 3. The quantitative estimate of drug-likeness (QED) is 0.341. The van der Waals surface area contributed by atoms with Crippen molar-refractivity contribution >= 4 is 28.7 Å². The molecule has 2 saturated carbocycles. The van der Waals surface area contributed by atoms with Crippen LogP contribution < -0.4 is 9.47 Å². The van der Waals surface area contributed by atoms with Gasteiger partial charge in [0.05, 0.1) is 24.7 Å². The molecule has 4 aliphatic rings. The van der Waals surface area contributed by atoms with Gasteiger partial charge in [0.1, 0.15) is 35.3 Å². The van der Waals surface area contributed by atoms with Crippen molar-refractivity contribution in [2.24, 2.45) is 35.0 Å². The van der Waals surface area contributed by atoms with Crippen molar-refractivity contribution in [3.8, 4) is 11.6 Å². The minimum atomic E-state index is -0.811. The van der Waals surface area contributed by atoms with Crippen molar-refractivity contribution in [2.45, 2.75) is 123 Å². The van der Waals surface area contributed by atoms with E-state index in [9.17, 15) is 14.4 Å². The van der Waals surface area contributed by atoms with Gasteiger partial charge >= 0.3 is 5.97 Å². The second-order valence-electron chi connectivity index (χ2n) is 16.5. The summed E-state index contributed by atoms with van der Waals surface area (Å²) in [7, 11) is 3.20. The number of benzene rings is 1. The number of methoxy groups -OCH3 is 2. The van der Waals surface area contributed by atoms with Gasteiger partial charge in [-0.3, -0.25) is 14.4 Å². The van der Waals surface area contributed by atoms with Gasteiger partial charge < -0.3 is 23.8 Å². The Bertz CT molecular complexity index is 1570. The molecule has 2 aliphatic carbocycles. The van der Waals surface area contributed by atoms with Crippen molar-refractivity contribution in [2.75, 3.05) is 20.8 Å². The average molecular weight is 678 g/mol. The first-order chi connectivity index (χ1) is 23.2. The summed E-state index contributed by atoms with van der Waals surface area (Å²) >= 11 is 0. The van der Waals surface area contributed by atoms with Gasteiger partial charge in [-0.1, -0.05) is 47.5 Å². The molecule has 0 N–H and O–H groups in total. The van der Waals surface area contributed by atoms with Crippen LogP contribution in [0.15, 0.2) is 18.2 Å². The molecule has 1 aromatic carbocycles. The van der Waals surface area contributed by atoms with Crippen molar-refractivity contribution < 1.29 is 33.3 Å². The maximum Gasteiger partial charge on any atom is 0.306 e. The smallest absolute Gasteiger partial charge is 0.306 e. The Labute approximate surface area is 291 Å². The Morgan fingerprint density at radius 3 is 2.47 bits per heavy atom. The number of esters is 1. The van der Waals surface area contributed by atoms with Crippen LogP contribution in [0, 0.1) is 35.0 Å². The van der Waals surface area contributed by atoms with Crippen LogP contribution in [-0.2, 0) is 30.3 Å². The average Bonchev–Trinajstić information content (AvgIpc) is 3.52. The minimum Gasteiger partial charge on any atom is -0.497 e. The topological polar surface area (TPSA) is 117 Å². The molecule has 10 nitrogen and oxygen atoms in total. The van der Waals surface area contributed by atoms with Gasteiger partial charge in [-0.15, -0.1) is 0 Å². The first-order valence-electron chi connectivity index (χ1n) is 18.3. The highest BCUT2D eigenvalue weighted by atomic mass is 16.6. The number of rotatable bonds is 4. The summed E-state index contributed by atoms with van der Waals surface area (Å²) in [6.07, 6.45) is 6.24. The molecule has 3 fully saturated rings. The number of carbonyl (C=O) groups is 3. The van der Waals surface area contributed by atoms with Crippen LogP contribution in [-0.4, -0.2) is 77.1 Å². The zero-order valence-corrected chi connectivity index (χ0v) is 30.6. The first kappa shape index (κ1) is 35.6. The van der Waals surface area contributed by atoms with Crippen molar-refractivity contribution in [1.82, 2.24) is 14.9 Å². The number of amides is 1. The Morgan fingerprint density at radius 1 is 1.04 bits per heavy atom. The molecule has 2 aromatic rings. The van der Waals surface area contributed by atoms with Crippen LogP contribution in [0.2, 0.25) is 0 Å². The molecule has 0 radical (unpaired) electrons. The fourth-order valence-electron chi connectivity index (χ4n) is 8.64. The number of Topliss-reactive ketones (excluding diaryl/α,β-unsaturated/α-hetero) is 1. The van der Waals surface area contributed by atoms with E-state index in [1.165, 1.54) is 0 Å². The maximum atomic E-state index is 14.9. The van der Waals surface area contributed by atoms with E-state index in [0.717, 1.165) is 56.2 Å². The molecule has 8 unspecified atom stereocenters. The lowest BCUT2D eigenvalue weighted by Gasteiger charge is -2.47. The third-order valence-electron chi connectivity index (χ3n) is 11.7. The Hall–Kier alpha value is -3.27. The molecule has 1 amide bonds. The summed E-state index contributed by atoms with van der Waals surface area (Å²) in [6.45, 7) is 12.2. The van der Waals surface area contributed by atoms with Gasteiger partial charge in [-0.2, -0.15) is 0 Å². The van der Waals surface area contributed by atoms with E-state index < -0.39 is 35.2 Å². The van der Waals surface area contributed by atoms with E-state index >= 15 is 0 Å². The van der Waals surface area contributed by atoms with E-state index in [2.05, 4.69) is 27.7 Å². The first-order valence-corrected chi connectivity index (χ1v) is 18.3. The van der Waals surface area contributed by atoms with E-state index in [-0.39, 0.29) is 42.0 Å². The van der Waals surface area contributed by atoms with Crippen LogP contribution in [0.3, 0.4) is 0 Å². The third-order valence-corrected chi connectivity index (χ3v) is 11.7. The van der Waals surface area contributed by atoms with Gasteiger partial charge in [0.2, 0.25) is 11.8 Å². The number of carbonyl (C=O) groups excluding carboxylic acids is 3. The van der Waals surface area contributed by atoms with E-state index in [1.807, 2.05) is 32.0 Å². The molecule has 8 atom stereocenters. The van der Waals surface area contributed by atoms with Gasteiger partial charge in [0, 0.05) is 37.4 Å². The molecular formula is C39H55N3O7. The lowest BCUT2D eigenvalue weighted by atomic mass is 9.59. The van der Waals surface area contributed by atoms with Gasteiger partial charge in [-0.05, 0) is 74.8 Å². The molecule has 3 heterocycles. The molecule has 268 valence electrons. The van der Waals surface area contributed by atoms with Gasteiger partial charge in [0.15, 0.2) is 5.78 Å². The van der Waals surface area contributed by atoms with E-state index in [1.54, 1.807) is 19.1 Å². The maximum absolute atomic E-state index is 14.9. The molecule has 2 bridgehead atoms. The fourth-order valence-corrected chi connectivity index (χ4v) is 8.64. The van der Waals surface area contributed by atoms with E-state index in [0.29, 0.717) is 35.9 Å². The molecule has 0 spiro atoms. The van der Waals surface area contributed by atoms with Crippen molar-refractivity contribution in [3.63, 3.8) is 0 Å². The third kappa shape index (κ3) is 7.17. The number of hydrogen-bond acceptors (Lipinski definition) is 9. The molecular weight excluding hydrogens is 622 g/mol. The second-order valence-corrected chi connectivity index (χ2v) is 16.5. The lowest BCUT2D eigenvalue weighted by Crippen LogP contribution is -2.54. The number of fused-ring (bicyclic) bond motifs is 6. The zero-order valence-electron chi connectivity index (χ0n) is 30.6. The SMILES string of the molecule is COc1ccc2nc3c(nc2c1)OC1CN(C(=O)C(C(C)(C)C)C2CCC2CC(=O)OC2(C)CC2CCCCC3)C(C(=O)C(C)C)C1OC. The van der Waals surface area contributed by atoms with Crippen LogP contribution in [0.1, 0.15) is 98.6 Å². The number of ether oxygens (including phenoxy) is 4. The predicted molar refractivity (Wildman–Crippen MR) is 185 cm³/mol. The molecule has 49 heavy (non-hydrogen) atoms. The molecule has 6 rings (SSSR count). The molecule has 1 saturated heterocycles. The summed E-state index contributed by atoms with van der Waals surface area (Å²) in [5.74, 6) is 0.512. The summed E-state index contributed by atoms with van der Waals surface area (Å²) < 4.78 is 24.4. The largest absolute Gasteiger partial charge is 0.497 e. The highest BCUT2D eigenvalue weighted by Gasteiger charge is 2.56. The molecule has 1 aromatic heterocycles. The monoisotopic (exact) mass is 677 g/mol. The Morgan fingerprint density at radius 2 is 1.82 bits per heavy atom. The summed E-state index contributed by atoms with van der Waals surface area (Å²) in [5.41, 5.74) is 1.34. The summed E-state index contributed by atoms with van der Waals surface area (Å²) in [5, 5.41) is 0. The standard InChI is InChI=1S/C39H55N3O7/c1-22(2)34(44)33-35(47-8)30-21-42(33)37(45)32(38(3,4)5)26-16-14-23(26)18-31(43)49-39(6)20-24(39)12-10-9-11-13-28-36(48-30)41-29-19-25(46-7)15-17-27(29)40-28/h15,17,19,22-24,26,30,32-33,35H,9-14,16,18,20-21H2,1-8H3.